The third-order valence-electron chi connectivity index (χ3n) is 4.85. The minimum Gasteiger partial charge on any atom is -0.463 e. The number of ether oxygens (including phenoxy) is 8. The Morgan fingerprint density at radius 3 is 1.89 bits per heavy atom. The quantitative estimate of drug-likeness (QED) is 0.0963. The molecule has 1 fully saturated rings. The van der Waals surface area contributed by atoms with Crippen LogP contribution >= 0.6 is 0 Å². The molecule has 6 atom stereocenters. The van der Waals surface area contributed by atoms with Crippen molar-refractivity contribution in [1.29, 1.82) is 0 Å². The van der Waals surface area contributed by atoms with E-state index in [1.165, 1.54) is 13.8 Å². The van der Waals surface area contributed by atoms with Gasteiger partial charge in [-0.25, -0.2) is 0 Å². The summed E-state index contributed by atoms with van der Waals surface area (Å²) in [7, 11) is 0. The smallest absolute Gasteiger partial charge is 0.303 e. The molecule has 3 N–H and O–H groups in total. The monoisotopic (exact) mass is 553 g/mol. The summed E-state index contributed by atoms with van der Waals surface area (Å²) in [5, 5.41) is 20.5. The molecule has 0 bridgehead atoms. The van der Waals surface area contributed by atoms with E-state index in [2.05, 4.69) is 5.32 Å². The number of hydrogen-bond donors (Lipinski definition) is 3. The van der Waals surface area contributed by atoms with Crippen molar-refractivity contribution in [2.24, 2.45) is 0 Å². The topological polar surface area (TPSA) is 195 Å². The van der Waals surface area contributed by atoms with Crippen molar-refractivity contribution < 1.29 is 67.3 Å². The first kappa shape index (κ1) is 33.6. The maximum Gasteiger partial charge on any atom is 0.303 e. The predicted octanol–water partition coefficient (Wildman–Crippen LogP) is -1.94. The highest BCUT2D eigenvalue weighted by Crippen LogP contribution is 2.28. The van der Waals surface area contributed by atoms with Crippen LogP contribution in [-0.4, -0.2) is 130 Å². The highest BCUT2D eigenvalue weighted by atomic mass is 16.7. The van der Waals surface area contributed by atoms with E-state index in [1.807, 2.05) is 0 Å². The number of esters is 3. The van der Waals surface area contributed by atoms with Gasteiger partial charge in [-0.1, -0.05) is 0 Å². The summed E-state index contributed by atoms with van der Waals surface area (Å²) < 4.78 is 43.2. The Morgan fingerprint density at radius 2 is 1.37 bits per heavy atom. The van der Waals surface area contributed by atoms with Crippen molar-refractivity contribution in [2.75, 3.05) is 59.5 Å². The van der Waals surface area contributed by atoms with Crippen molar-refractivity contribution >= 4 is 23.8 Å². The highest BCUT2D eigenvalue weighted by molar-refractivity contribution is 5.73. The van der Waals surface area contributed by atoms with Gasteiger partial charge in [-0.3, -0.25) is 19.2 Å². The molecule has 0 radical (unpaired) electrons. The van der Waals surface area contributed by atoms with Gasteiger partial charge in [0.15, 0.2) is 18.5 Å². The third kappa shape index (κ3) is 13.9. The Labute approximate surface area is 220 Å². The number of carbonyl (C=O) groups is 4. The molecule has 0 saturated carbocycles. The third-order valence-corrected chi connectivity index (χ3v) is 4.85. The van der Waals surface area contributed by atoms with Crippen LogP contribution in [0.1, 0.15) is 27.7 Å². The summed E-state index contributed by atoms with van der Waals surface area (Å²) >= 11 is 0. The average Bonchev–Trinajstić information content (AvgIpc) is 2.83. The zero-order chi connectivity index (χ0) is 28.5. The molecule has 1 amide bonds. The lowest BCUT2D eigenvalue weighted by molar-refractivity contribution is -0.279. The number of nitrogens with one attached hydrogen (secondary N) is 1. The van der Waals surface area contributed by atoms with Gasteiger partial charge < -0.3 is 53.4 Å². The van der Waals surface area contributed by atoms with Gasteiger partial charge in [0.05, 0.1) is 52.9 Å². The lowest BCUT2D eigenvalue weighted by Gasteiger charge is -2.44. The van der Waals surface area contributed by atoms with Gasteiger partial charge in [-0.2, -0.15) is 0 Å². The van der Waals surface area contributed by atoms with Crippen LogP contribution in [0, 0.1) is 0 Å². The fraction of sp³-hybridized carbons (Fsp3) is 0.826. The van der Waals surface area contributed by atoms with Gasteiger partial charge in [-0.15, -0.1) is 0 Å². The molecule has 0 aromatic rings. The Kier molecular flexibility index (Phi) is 16.6. The summed E-state index contributed by atoms with van der Waals surface area (Å²) in [5.74, 6) is -2.49. The predicted molar refractivity (Wildman–Crippen MR) is 126 cm³/mol. The number of carbonyl (C=O) groups excluding carboxylic acids is 4. The molecule has 220 valence electrons. The molecule has 0 aliphatic carbocycles. The number of amides is 1. The minimum atomic E-state index is -1.20. The maximum absolute atomic E-state index is 11.9. The van der Waals surface area contributed by atoms with E-state index in [1.54, 1.807) is 0 Å². The lowest BCUT2D eigenvalue weighted by atomic mass is 9.96. The second-order valence-electron chi connectivity index (χ2n) is 8.23. The van der Waals surface area contributed by atoms with Gasteiger partial charge in [0.1, 0.15) is 24.9 Å². The number of hydrogen-bond acceptors (Lipinski definition) is 14. The molecular formula is C23H39NO14. The summed E-state index contributed by atoms with van der Waals surface area (Å²) in [4.78, 5) is 46.8. The fourth-order valence-electron chi connectivity index (χ4n) is 3.37. The van der Waals surface area contributed by atoms with Crippen LogP contribution in [0.5, 0.6) is 0 Å². The average molecular weight is 554 g/mol. The first-order valence-electron chi connectivity index (χ1n) is 12.1. The second-order valence-corrected chi connectivity index (χ2v) is 8.23. The summed E-state index contributed by atoms with van der Waals surface area (Å²) in [5.41, 5.74) is 0. The summed E-state index contributed by atoms with van der Waals surface area (Å²) in [6.45, 7) is 5.21. The van der Waals surface area contributed by atoms with Gasteiger partial charge in [-0.05, 0) is 0 Å². The molecule has 1 saturated heterocycles. The van der Waals surface area contributed by atoms with Crippen LogP contribution < -0.4 is 5.32 Å². The molecule has 0 aromatic heterocycles. The Bertz CT molecular complexity index is 735. The van der Waals surface area contributed by atoms with E-state index in [0.29, 0.717) is 0 Å². The SMILES string of the molecule is CC(=O)N[C@H]1[C@H](OCCOCCOCCOC[C@@H](O)CO)O[C@H](COC(C)=O)[C@H](OC(C)=O)[C@@H]1OC(C)=O. The molecule has 0 spiro atoms. The van der Waals surface area contributed by atoms with Gasteiger partial charge >= 0.3 is 17.9 Å². The van der Waals surface area contributed by atoms with E-state index in [9.17, 15) is 19.2 Å². The molecule has 1 heterocycles. The lowest BCUT2D eigenvalue weighted by Crippen LogP contribution is -2.66. The van der Waals surface area contributed by atoms with Gasteiger partial charge in [0.25, 0.3) is 0 Å². The number of aliphatic hydroxyl groups excluding tert-OH is 2. The molecule has 38 heavy (non-hydrogen) atoms. The molecule has 1 rings (SSSR count). The molecular weight excluding hydrogens is 514 g/mol. The number of rotatable bonds is 18. The van der Waals surface area contributed by atoms with Crippen LogP contribution in [0.25, 0.3) is 0 Å². The van der Waals surface area contributed by atoms with E-state index in [4.69, 9.17) is 48.1 Å². The molecule has 15 heteroatoms. The highest BCUT2D eigenvalue weighted by Gasteiger charge is 2.51. The Morgan fingerprint density at radius 1 is 0.816 bits per heavy atom. The van der Waals surface area contributed by atoms with Crippen LogP contribution in [0.3, 0.4) is 0 Å². The molecule has 15 nitrogen and oxygen atoms in total. The largest absolute Gasteiger partial charge is 0.463 e. The van der Waals surface area contributed by atoms with Crippen molar-refractivity contribution in [1.82, 2.24) is 5.32 Å². The number of aliphatic hydroxyl groups is 2. The van der Waals surface area contributed by atoms with E-state index >= 15 is 0 Å². The normalized spacial score (nSPS) is 23.8. The summed E-state index contributed by atoms with van der Waals surface area (Å²) in [6, 6.07) is -1.05. The Hall–Kier alpha value is -2.40. The van der Waals surface area contributed by atoms with Crippen LogP contribution in [0.2, 0.25) is 0 Å². The van der Waals surface area contributed by atoms with E-state index < -0.39 is 60.6 Å². The maximum atomic E-state index is 11.9. The standard InChI is InChI=1S/C23H39NO14/c1-14(26)24-20-22(37-17(4)29)21(36-16(3)28)19(13-35-15(2)27)38-23(20)34-10-9-32-6-5-31-7-8-33-12-18(30)11-25/h18-23,25,30H,5-13H2,1-4H3,(H,24,26)/t18-,19+,20+,21-,22+,23+/m0/s1. The zero-order valence-electron chi connectivity index (χ0n) is 22.1. The first-order chi connectivity index (χ1) is 18.0. The van der Waals surface area contributed by atoms with Crippen LogP contribution in [-0.2, 0) is 57.1 Å². The first-order valence-corrected chi connectivity index (χ1v) is 12.1. The van der Waals surface area contributed by atoms with E-state index in [-0.39, 0.29) is 59.5 Å². The summed E-state index contributed by atoms with van der Waals surface area (Å²) in [6.07, 6.45) is -5.55. The molecule has 0 unspecified atom stereocenters. The van der Waals surface area contributed by atoms with Gasteiger partial charge in [0.2, 0.25) is 5.91 Å². The van der Waals surface area contributed by atoms with E-state index in [0.717, 1.165) is 13.8 Å². The van der Waals surface area contributed by atoms with Crippen molar-refractivity contribution in [2.45, 2.75) is 64.4 Å². The van der Waals surface area contributed by atoms with Crippen molar-refractivity contribution in [3.8, 4) is 0 Å². The zero-order valence-corrected chi connectivity index (χ0v) is 22.1. The Balaban J connectivity index is 2.68. The van der Waals surface area contributed by atoms with Crippen molar-refractivity contribution in [3.05, 3.63) is 0 Å². The van der Waals surface area contributed by atoms with Crippen LogP contribution in [0.15, 0.2) is 0 Å². The minimum absolute atomic E-state index is 0.00815. The fourth-order valence-corrected chi connectivity index (χ4v) is 3.37. The van der Waals surface area contributed by atoms with Crippen LogP contribution in [0.4, 0.5) is 0 Å². The second kappa shape index (κ2) is 18.8. The molecule has 1 aliphatic heterocycles. The van der Waals surface area contributed by atoms with Crippen molar-refractivity contribution in [3.63, 3.8) is 0 Å². The molecule has 1 aliphatic rings. The van der Waals surface area contributed by atoms with Gasteiger partial charge in [0, 0.05) is 27.7 Å². The molecule has 0 aromatic carbocycles.